The maximum absolute atomic E-state index is 6.09. The van der Waals surface area contributed by atoms with Crippen LogP contribution in [-0.2, 0) is 26.5 Å². The maximum Gasteiger partial charge on any atom is 0.216 e. The van der Waals surface area contributed by atoms with Crippen molar-refractivity contribution in [1.82, 2.24) is 15.0 Å². The number of benzene rings is 3. The molecule has 0 bridgehead atoms. The molecule has 0 atom stereocenters. The molecule has 0 saturated carbocycles. The second-order valence-corrected chi connectivity index (χ2v) is 18.6. The molecule has 0 saturated heterocycles. The third-order valence-electron chi connectivity index (χ3n) is 8.38. The first-order valence-corrected chi connectivity index (χ1v) is 19.8. The summed E-state index contributed by atoms with van der Waals surface area (Å²) in [5, 5.41) is 3.54. The van der Waals surface area contributed by atoms with Crippen molar-refractivity contribution in [3.05, 3.63) is 143 Å². The zero-order valence-electron chi connectivity index (χ0n) is 28.7. The Labute approximate surface area is 299 Å². The maximum atomic E-state index is 6.09. The smallest absolute Gasteiger partial charge is 0.216 e. The van der Waals surface area contributed by atoms with Gasteiger partial charge in [0.25, 0.3) is 0 Å². The molecular weight excluding hydrogens is 783 g/mol. The topological polar surface area (TPSA) is 51.8 Å². The summed E-state index contributed by atoms with van der Waals surface area (Å²) in [5.41, 5.74) is 11.4. The minimum Gasteiger partial charge on any atom is -0.486 e. The molecule has 48 heavy (non-hydrogen) atoms. The van der Waals surface area contributed by atoms with Gasteiger partial charge < -0.3 is 14.4 Å². The number of aryl methyl sites for hydroxylation is 2. The van der Waals surface area contributed by atoms with Gasteiger partial charge in [-0.15, -0.1) is 53.6 Å². The fourth-order valence-electron chi connectivity index (χ4n) is 5.84. The number of fused-ring (bicyclic) bond motifs is 3. The van der Waals surface area contributed by atoms with Crippen LogP contribution in [0.1, 0.15) is 47.7 Å². The van der Waals surface area contributed by atoms with Crippen molar-refractivity contribution in [2.75, 3.05) is 0 Å². The van der Waals surface area contributed by atoms with Crippen LogP contribution in [0.25, 0.3) is 44.6 Å². The van der Waals surface area contributed by atoms with Crippen LogP contribution in [0.2, 0.25) is 19.6 Å². The molecule has 4 heterocycles. The number of pyridine rings is 3. The van der Waals surface area contributed by atoms with E-state index in [0.717, 1.165) is 51.0 Å². The average Bonchev–Trinajstić information content (AvgIpc) is 3.43. The Balaban J connectivity index is 0.000000193. The zero-order valence-corrected chi connectivity index (χ0v) is 32.1. The molecule has 7 aromatic rings. The van der Waals surface area contributed by atoms with Crippen LogP contribution < -0.4 is 5.19 Å². The van der Waals surface area contributed by atoms with E-state index in [2.05, 4.69) is 129 Å². The summed E-state index contributed by atoms with van der Waals surface area (Å²) in [6, 6.07) is 37.8. The van der Waals surface area contributed by atoms with Crippen LogP contribution in [0.15, 0.2) is 108 Å². The number of rotatable bonds is 6. The van der Waals surface area contributed by atoms with E-state index in [9.17, 15) is 0 Å². The Morgan fingerprint density at radius 3 is 2.29 bits per heavy atom. The van der Waals surface area contributed by atoms with Gasteiger partial charge in [0, 0.05) is 43.6 Å². The fourth-order valence-corrected chi connectivity index (χ4v) is 7.52. The summed E-state index contributed by atoms with van der Waals surface area (Å²) in [7, 11) is -1.35. The van der Waals surface area contributed by atoms with E-state index in [1.54, 1.807) is 0 Å². The minimum absolute atomic E-state index is 0. The molecule has 0 aliphatic carbocycles. The molecule has 3 aromatic carbocycles. The van der Waals surface area contributed by atoms with Crippen molar-refractivity contribution < 1.29 is 24.5 Å². The van der Waals surface area contributed by atoms with Crippen molar-refractivity contribution in [2.45, 2.75) is 59.7 Å². The number of aromatic nitrogens is 3. The van der Waals surface area contributed by atoms with E-state index in [0.29, 0.717) is 11.6 Å². The molecule has 0 N–H and O–H groups in total. The van der Waals surface area contributed by atoms with Crippen molar-refractivity contribution in [2.24, 2.45) is 0 Å². The average molecular weight is 824 g/mol. The molecule has 0 fully saturated rings. The van der Waals surface area contributed by atoms with E-state index in [1.807, 2.05) is 43.5 Å². The molecule has 1 radical (unpaired) electrons. The molecule has 0 aliphatic heterocycles. The van der Waals surface area contributed by atoms with E-state index < -0.39 is 8.07 Å². The van der Waals surface area contributed by atoms with E-state index in [-0.39, 0.29) is 20.1 Å². The van der Waals surface area contributed by atoms with E-state index in [1.165, 1.54) is 27.4 Å². The Kier molecular flexibility index (Phi) is 10.9. The first-order valence-electron chi connectivity index (χ1n) is 16.3. The molecule has 4 nitrogen and oxygen atoms in total. The van der Waals surface area contributed by atoms with Crippen molar-refractivity contribution >= 4 is 35.3 Å². The van der Waals surface area contributed by atoms with Crippen LogP contribution >= 0.6 is 0 Å². The summed E-state index contributed by atoms with van der Waals surface area (Å²) in [5.74, 6) is 0.531. The Hall–Kier alpha value is -4.22. The standard InChI is InChI=1S/C24H17N2O.C18H24NSi.Ir/c1-16-10-11-20-19-8-5-9-21(23(19)27-24(20)26-16)22-15-18(12-13-25-22)14-17-6-3-2-4-7-17;1-13(2)16-11-17(15-9-7-14(3)8-10-15)19-12-18(16)20(4,5)6;/h2-8,10-13,15H,14H2,1H3;7-9,11-13H,1-6H3;/q2*-1;. The van der Waals surface area contributed by atoms with Crippen molar-refractivity contribution in [3.63, 3.8) is 0 Å². The summed E-state index contributed by atoms with van der Waals surface area (Å²) >= 11 is 0. The number of hydrogen-bond donors (Lipinski definition) is 0. The number of hydrogen-bond acceptors (Lipinski definition) is 4. The van der Waals surface area contributed by atoms with Gasteiger partial charge in [-0.3, -0.25) is 0 Å². The monoisotopic (exact) mass is 824 g/mol. The summed E-state index contributed by atoms with van der Waals surface area (Å²) in [6.45, 7) is 15.7. The predicted molar refractivity (Wildman–Crippen MR) is 198 cm³/mol. The van der Waals surface area contributed by atoms with Gasteiger partial charge in [0.15, 0.2) is 0 Å². The van der Waals surface area contributed by atoms with E-state index >= 15 is 0 Å². The Bertz CT molecular complexity index is 2150. The molecular formula is C42H41IrN3OSi-2. The number of nitrogens with zero attached hydrogens (tertiary/aromatic N) is 3. The second-order valence-electron chi connectivity index (χ2n) is 13.6. The van der Waals surface area contributed by atoms with Crippen LogP contribution in [0.5, 0.6) is 0 Å². The SMILES string of the molecule is Cc1c[c-]c(-c2cc(C(C)C)c([Si](C)(C)C)cn2)cc1.Cc1ccc2c(n1)oc1c(-c3cc(Cc4ccccc4)ccn3)[c-]ccc12.[Ir]. The molecule has 0 unspecified atom stereocenters. The molecule has 0 amide bonds. The van der Waals surface area contributed by atoms with Crippen LogP contribution in [0.3, 0.4) is 0 Å². The Morgan fingerprint density at radius 1 is 0.792 bits per heavy atom. The molecule has 245 valence electrons. The van der Waals surface area contributed by atoms with Gasteiger partial charge in [0.05, 0.1) is 13.7 Å². The van der Waals surface area contributed by atoms with Crippen LogP contribution in [0.4, 0.5) is 0 Å². The van der Waals surface area contributed by atoms with Gasteiger partial charge in [-0.25, -0.2) is 4.98 Å². The van der Waals surface area contributed by atoms with Crippen LogP contribution in [-0.4, -0.2) is 23.0 Å². The molecule has 6 heteroatoms. The minimum atomic E-state index is -1.35. The van der Waals surface area contributed by atoms with Gasteiger partial charge in [-0.1, -0.05) is 99.4 Å². The molecule has 0 spiro atoms. The predicted octanol–water partition coefficient (Wildman–Crippen LogP) is 10.3. The Morgan fingerprint density at radius 2 is 1.58 bits per heavy atom. The molecule has 4 aromatic heterocycles. The van der Waals surface area contributed by atoms with Crippen molar-refractivity contribution in [1.29, 1.82) is 0 Å². The zero-order chi connectivity index (χ0) is 33.1. The summed E-state index contributed by atoms with van der Waals surface area (Å²) < 4.78 is 6.09. The first-order chi connectivity index (χ1) is 22.6. The largest absolute Gasteiger partial charge is 0.486 e. The summed E-state index contributed by atoms with van der Waals surface area (Å²) in [4.78, 5) is 13.8. The van der Waals surface area contributed by atoms with Crippen LogP contribution in [0, 0.1) is 26.0 Å². The quantitative estimate of drug-likeness (QED) is 0.124. The normalized spacial score (nSPS) is 11.3. The fraction of sp³-hybridized carbons (Fsp3) is 0.214. The van der Waals surface area contributed by atoms with Gasteiger partial charge in [-0.05, 0) is 65.2 Å². The van der Waals surface area contributed by atoms with Crippen molar-refractivity contribution in [3.8, 4) is 22.5 Å². The molecule has 7 rings (SSSR count). The van der Waals surface area contributed by atoms with Gasteiger partial charge in [0.2, 0.25) is 5.71 Å². The van der Waals surface area contributed by atoms with Gasteiger partial charge in [0.1, 0.15) is 0 Å². The van der Waals surface area contributed by atoms with Gasteiger partial charge >= 0.3 is 0 Å². The first kappa shape index (κ1) is 35.1. The summed E-state index contributed by atoms with van der Waals surface area (Å²) in [6.07, 6.45) is 4.82. The third-order valence-corrected chi connectivity index (χ3v) is 10.4. The van der Waals surface area contributed by atoms with E-state index in [4.69, 9.17) is 9.40 Å². The van der Waals surface area contributed by atoms with Gasteiger partial charge in [-0.2, -0.15) is 0 Å². The molecule has 0 aliphatic rings. The third kappa shape index (κ3) is 7.90. The number of furan rings is 1. The second kappa shape index (κ2) is 14.9.